The van der Waals surface area contributed by atoms with Crippen LogP contribution in [0.5, 0.6) is 5.75 Å². The van der Waals surface area contributed by atoms with E-state index in [0.29, 0.717) is 30.9 Å². The zero-order chi connectivity index (χ0) is 22.6. The molecule has 0 saturated carbocycles. The number of carbonyl (C=O) groups is 1. The predicted molar refractivity (Wildman–Crippen MR) is 126 cm³/mol. The molecular weight excluding hydrogens is 424 g/mol. The van der Waals surface area contributed by atoms with E-state index >= 15 is 0 Å². The van der Waals surface area contributed by atoms with E-state index in [2.05, 4.69) is 5.32 Å². The first-order valence-corrected chi connectivity index (χ1v) is 12.5. The first-order valence-electron chi connectivity index (χ1n) is 11.0. The quantitative estimate of drug-likeness (QED) is 0.558. The molecule has 168 valence electrons. The van der Waals surface area contributed by atoms with E-state index < -0.39 is 16.1 Å². The van der Waals surface area contributed by atoms with Crippen LogP contribution in [0.1, 0.15) is 32.6 Å². The third kappa shape index (κ3) is 4.95. The number of benzene rings is 3. The molecule has 0 bridgehead atoms. The van der Waals surface area contributed by atoms with Gasteiger partial charge in [0.25, 0.3) is 5.91 Å². The highest BCUT2D eigenvalue weighted by atomic mass is 32.2. The molecular formula is C25H28N2O4S. The lowest BCUT2D eigenvalue weighted by molar-refractivity contribution is -0.122. The second-order valence-corrected chi connectivity index (χ2v) is 9.94. The maximum absolute atomic E-state index is 12.8. The third-order valence-electron chi connectivity index (χ3n) is 5.74. The van der Waals surface area contributed by atoms with Gasteiger partial charge in [-0.25, -0.2) is 8.42 Å². The summed E-state index contributed by atoms with van der Waals surface area (Å²) < 4.78 is 33.1. The van der Waals surface area contributed by atoms with Crippen LogP contribution in [0.4, 0.5) is 5.69 Å². The summed E-state index contributed by atoms with van der Waals surface area (Å²) in [5, 5.41) is 4.99. The fourth-order valence-electron chi connectivity index (χ4n) is 3.91. The van der Waals surface area contributed by atoms with E-state index in [-0.39, 0.29) is 10.8 Å². The summed E-state index contributed by atoms with van der Waals surface area (Å²) in [5.41, 5.74) is 0.535. The normalized spacial score (nSPS) is 15.9. The number of fused-ring (bicyclic) bond motifs is 1. The van der Waals surface area contributed by atoms with Gasteiger partial charge in [-0.3, -0.25) is 4.79 Å². The summed E-state index contributed by atoms with van der Waals surface area (Å²) in [6.07, 6.45) is 2.69. The summed E-state index contributed by atoms with van der Waals surface area (Å²) in [6, 6.07) is 20.1. The summed E-state index contributed by atoms with van der Waals surface area (Å²) >= 11 is 0. The molecule has 4 rings (SSSR count). The Labute approximate surface area is 189 Å². The minimum atomic E-state index is -3.49. The molecule has 1 atom stereocenters. The van der Waals surface area contributed by atoms with Gasteiger partial charge < -0.3 is 10.1 Å². The fourth-order valence-corrected chi connectivity index (χ4v) is 5.43. The van der Waals surface area contributed by atoms with Gasteiger partial charge in [-0.05, 0) is 66.4 Å². The number of carbonyl (C=O) groups excluding carboxylic acids is 1. The SMILES string of the molecule is CC[C@H](Oc1ccc2ccccc2c1)C(=O)Nc1ccc(S(=O)(=O)N2CCCCC2)cc1. The maximum Gasteiger partial charge on any atom is 0.265 e. The third-order valence-corrected chi connectivity index (χ3v) is 7.65. The Morgan fingerprint density at radius 1 is 0.969 bits per heavy atom. The van der Waals surface area contributed by atoms with E-state index in [1.807, 2.05) is 49.4 Å². The molecule has 1 aliphatic rings. The highest BCUT2D eigenvalue weighted by molar-refractivity contribution is 7.89. The Morgan fingerprint density at radius 3 is 2.34 bits per heavy atom. The molecule has 1 N–H and O–H groups in total. The Balaban J connectivity index is 1.42. The Kier molecular flexibility index (Phi) is 6.77. The lowest BCUT2D eigenvalue weighted by Gasteiger charge is -2.26. The molecule has 7 heteroatoms. The molecule has 1 amide bonds. The Morgan fingerprint density at radius 2 is 1.66 bits per heavy atom. The zero-order valence-electron chi connectivity index (χ0n) is 18.2. The Bertz CT molecular complexity index is 1190. The van der Waals surface area contributed by atoms with Crippen LogP contribution < -0.4 is 10.1 Å². The minimum absolute atomic E-state index is 0.247. The van der Waals surface area contributed by atoms with Crippen LogP contribution in [0, 0.1) is 0 Å². The van der Waals surface area contributed by atoms with Crippen LogP contribution in [-0.2, 0) is 14.8 Å². The predicted octanol–water partition coefficient (Wildman–Crippen LogP) is 4.81. The molecule has 32 heavy (non-hydrogen) atoms. The van der Waals surface area contributed by atoms with E-state index in [9.17, 15) is 13.2 Å². The van der Waals surface area contributed by atoms with E-state index in [1.54, 1.807) is 24.3 Å². The number of hydrogen-bond acceptors (Lipinski definition) is 4. The number of hydrogen-bond donors (Lipinski definition) is 1. The van der Waals surface area contributed by atoms with Crippen LogP contribution in [0.2, 0.25) is 0 Å². The smallest absolute Gasteiger partial charge is 0.265 e. The van der Waals surface area contributed by atoms with Crippen molar-refractivity contribution in [2.45, 2.75) is 43.6 Å². The number of ether oxygens (including phenoxy) is 1. The van der Waals surface area contributed by atoms with E-state index in [1.165, 1.54) is 4.31 Å². The van der Waals surface area contributed by atoms with Crippen LogP contribution in [0.25, 0.3) is 10.8 Å². The van der Waals surface area contributed by atoms with E-state index in [4.69, 9.17) is 4.74 Å². The molecule has 0 aliphatic carbocycles. The number of anilines is 1. The van der Waals surface area contributed by atoms with Gasteiger partial charge in [0.1, 0.15) is 5.75 Å². The van der Waals surface area contributed by atoms with Crippen molar-refractivity contribution in [3.63, 3.8) is 0 Å². The molecule has 0 aromatic heterocycles. The number of amides is 1. The van der Waals surface area contributed by atoms with Crippen molar-refractivity contribution >= 4 is 32.4 Å². The minimum Gasteiger partial charge on any atom is -0.481 e. The van der Waals surface area contributed by atoms with Gasteiger partial charge in [0.2, 0.25) is 10.0 Å². The number of sulfonamides is 1. The molecule has 3 aromatic rings. The van der Waals surface area contributed by atoms with Crippen LogP contribution in [0.3, 0.4) is 0 Å². The molecule has 3 aromatic carbocycles. The second kappa shape index (κ2) is 9.71. The molecule has 1 saturated heterocycles. The van der Waals surface area contributed by atoms with Gasteiger partial charge in [0, 0.05) is 18.8 Å². The first kappa shape index (κ1) is 22.3. The van der Waals surface area contributed by atoms with Crippen LogP contribution in [-0.4, -0.2) is 37.8 Å². The summed E-state index contributed by atoms with van der Waals surface area (Å²) in [4.78, 5) is 13.0. The summed E-state index contributed by atoms with van der Waals surface area (Å²) in [5.74, 6) is 0.362. The lowest BCUT2D eigenvalue weighted by atomic mass is 10.1. The zero-order valence-corrected chi connectivity index (χ0v) is 19.0. The van der Waals surface area contributed by atoms with Gasteiger partial charge >= 0.3 is 0 Å². The fraction of sp³-hybridized carbons (Fsp3) is 0.320. The van der Waals surface area contributed by atoms with Crippen molar-refractivity contribution in [3.8, 4) is 5.75 Å². The standard InChI is InChI=1S/C25H28N2O4S/c1-2-24(31-22-13-10-19-8-4-5-9-20(19)18-22)25(28)26-21-11-14-23(15-12-21)32(29,30)27-16-6-3-7-17-27/h4-5,8-15,18,24H,2-3,6-7,16-17H2,1H3,(H,26,28)/t24-/m0/s1. The average molecular weight is 453 g/mol. The van der Waals surface area contributed by atoms with Crippen molar-refractivity contribution in [3.05, 3.63) is 66.7 Å². The van der Waals surface area contributed by atoms with Crippen molar-refractivity contribution in [2.75, 3.05) is 18.4 Å². The molecule has 0 spiro atoms. The highest BCUT2D eigenvalue weighted by Crippen LogP contribution is 2.24. The molecule has 1 aliphatic heterocycles. The first-order chi connectivity index (χ1) is 15.5. The summed E-state index contributed by atoms with van der Waals surface area (Å²) in [6.45, 7) is 3.01. The Hall–Kier alpha value is -2.90. The lowest BCUT2D eigenvalue weighted by Crippen LogP contribution is -2.35. The summed E-state index contributed by atoms with van der Waals surface area (Å²) in [7, 11) is -3.49. The maximum atomic E-state index is 12.8. The second-order valence-electron chi connectivity index (χ2n) is 8.00. The van der Waals surface area contributed by atoms with Crippen LogP contribution in [0.15, 0.2) is 71.6 Å². The molecule has 0 unspecified atom stereocenters. The van der Waals surface area contributed by atoms with Gasteiger partial charge in [-0.15, -0.1) is 0 Å². The average Bonchev–Trinajstić information content (AvgIpc) is 2.83. The van der Waals surface area contributed by atoms with E-state index in [0.717, 1.165) is 30.0 Å². The molecule has 0 radical (unpaired) electrons. The van der Waals surface area contributed by atoms with Gasteiger partial charge in [-0.2, -0.15) is 4.31 Å². The van der Waals surface area contributed by atoms with Crippen LogP contribution >= 0.6 is 0 Å². The number of nitrogens with zero attached hydrogens (tertiary/aromatic N) is 1. The molecule has 1 heterocycles. The van der Waals surface area contributed by atoms with Crippen molar-refractivity contribution in [2.24, 2.45) is 0 Å². The number of nitrogens with one attached hydrogen (secondary N) is 1. The van der Waals surface area contributed by atoms with Crippen molar-refractivity contribution < 1.29 is 17.9 Å². The largest absolute Gasteiger partial charge is 0.481 e. The van der Waals surface area contributed by atoms with Gasteiger partial charge in [0.15, 0.2) is 6.10 Å². The number of piperidine rings is 1. The molecule has 6 nitrogen and oxygen atoms in total. The van der Waals surface area contributed by atoms with Crippen molar-refractivity contribution in [1.82, 2.24) is 4.31 Å². The monoisotopic (exact) mass is 452 g/mol. The van der Waals surface area contributed by atoms with Gasteiger partial charge in [-0.1, -0.05) is 43.7 Å². The highest BCUT2D eigenvalue weighted by Gasteiger charge is 2.26. The van der Waals surface area contributed by atoms with Crippen molar-refractivity contribution in [1.29, 1.82) is 0 Å². The molecule has 1 fully saturated rings. The number of rotatable bonds is 7. The van der Waals surface area contributed by atoms with Gasteiger partial charge in [0.05, 0.1) is 4.90 Å². The topological polar surface area (TPSA) is 75.7 Å².